The maximum absolute atomic E-state index is 2.27. The van der Waals surface area contributed by atoms with Crippen LogP contribution in [0.5, 0.6) is 0 Å². The van der Waals surface area contributed by atoms with Gasteiger partial charge in [0.2, 0.25) is 0 Å². The van der Waals surface area contributed by atoms with E-state index in [0.717, 1.165) is 0 Å². The van der Waals surface area contributed by atoms with Crippen LogP contribution in [0.25, 0.3) is 0 Å². The van der Waals surface area contributed by atoms with E-state index in [9.17, 15) is 0 Å². The van der Waals surface area contributed by atoms with Crippen molar-refractivity contribution in [2.75, 3.05) is 0 Å². The van der Waals surface area contributed by atoms with Crippen LogP contribution in [0.1, 0.15) is 51.4 Å². The molecule has 0 radical (unpaired) electrons. The molecule has 0 bridgehead atoms. The molecule has 0 aliphatic heterocycles. The first-order valence-electron chi connectivity index (χ1n) is 10.6. The Balaban J connectivity index is 2.45. The number of hydrogen-bond acceptors (Lipinski definition) is 0. The van der Waals surface area contributed by atoms with E-state index in [2.05, 4.69) is 60.8 Å². The summed E-state index contributed by atoms with van der Waals surface area (Å²) < 4.78 is 0. The van der Waals surface area contributed by atoms with Crippen LogP contribution in [0.3, 0.4) is 0 Å². The molecule has 0 heteroatoms. The molecule has 1 rings (SSSR count). The molecule has 28 heavy (non-hydrogen) atoms. The third kappa shape index (κ3) is 18.2. The third-order valence-electron chi connectivity index (χ3n) is 4.15. The van der Waals surface area contributed by atoms with Gasteiger partial charge in [0.15, 0.2) is 0 Å². The highest BCUT2D eigenvalue weighted by Crippen LogP contribution is 2.09. The van der Waals surface area contributed by atoms with Gasteiger partial charge in [-0.2, -0.15) is 0 Å². The summed E-state index contributed by atoms with van der Waals surface area (Å²) in [4.78, 5) is 0. The van der Waals surface area contributed by atoms with Crippen LogP contribution in [-0.2, 0) is 0 Å². The zero-order valence-corrected chi connectivity index (χ0v) is 17.2. The van der Waals surface area contributed by atoms with Crippen molar-refractivity contribution in [2.45, 2.75) is 51.4 Å². The van der Waals surface area contributed by atoms with Crippen LogP contribution in [0, 0.1) is 0 Å². The smallest absolute Gasteiger partial charge is 0.0348 e. The highest BCUT2D eigenvalue weighted by molar-refractivity contribution is 5.22. The normalized spacial score (nSPS) is 18.3. The predicted octanol–water partition coefficient (Wildman–Crippen LogP) is 8.68. The Morgan fingerprint density at radius 1 is 0.214 bits per heavy atom. The standard InChI is InChI=1S/C28H36/c1-2-4-6-8-10-12-14-16-18-20-22-24-26-28-27-25-23-21-19-17-15-13-11-9-7-5-3-1/h1-20H,21-28H2. The fourth-order valence-corrected chi connectivity index (χ4v) is 2.61. The Hall–Kier alpha value is -2.60. The Morgan fingerprint density at radius 3 is 0.714 bits per heavy atom. The van der Waals surface area contributed by atoms with E-state index in [4.69, 9.17) is 0 Å². The van der Waals surface area contributed by atoms with Crippen LogP contribution in [0.2, 0.25) is 0 Å². The summed E-state index contributed by atoms with van der Waals surface area (Å²) in [7, 11) is 0. The zero-order valence-electron chi connectivity index (χ0n) is 17.2. The van der Waals surface area contributed by atoms with Gasteiger partial charge < -0.3 is 0 Å². The lowest BCUT2D eigenvalue weighted by Crippen LogP contribution is -1.79. The van der Waals surface area contributed by atoms with Crippen LogP contribution < -0.4 is 0 Å². The Morgan fingerprint density at radius 2 is 0.429 bits per heavy atom. The predicted molar refractivity (Wildman–Crippen MR) is 128 cm³/mol. The van der Waals surface area contributed by atoms with Crippen molar-refractivity contribution in [1.82, 2.24) is 0 Å². The second-order valence-corrected chi connectivity index (χ2v) is 6.63. The lowest BCUT2D eigenvalue weighted by atomic mass is 10.1. The Bertz CT molecular complexity index is 582. The fourth-order valence-electron chi connectivity index (χ4n) is 2.61. The van der Waals surface area contributed by atoms with Crippen molar-refractivity contribution >= 4 is 0 Å². The first-order chi connectivity index (χ1) is 14.0. The summed E-state index contributed by atoms with van der Waals surface area (Å²) in [6.07, 6.45) is 52.0. The second-order valence-electron chi connectivity index (χ2n) is 6.63. The molecule has 0 N–H and O–H groups in total. The van der Waals surface area contributed by atoms with E-state index >= 15 is 0 Å². The lowest BCUT2D eigenvalue weighted by molar-refractivity contribution is 0.600. The molecule has 0 saturated heterocycles. The maximum Gasteiger partial charge on any atom is -0.0348 e. The largest absolute Gasteiger partial charge is 0.0845 e. The first-order valence-corrected chi connectivity index (χ1v) is 10.6. The lowest BCUT2D eigenvalue weighted by Gasteiger charge is -1.99. The molecule has 1 aliphatic carbocycles. The topological polar surface area (TPSA) is 0 Å². The fraction of sp³-hybridized carbons (Fsp3) is 0.286. The van der Waals surface area contributed by atoms with Crippen molar-refractivity contribution in [3.8, 4) is 0 Å². The van der Waals surface area contributed by atoms with Crippen molar-refractivity contribution < 1.29 is 0 Å². The van der Waals surface area contributed by atoms with Crippen LogP contribution in [0.4, 0.5) is 0 Å². The highest BCUT2D eigenvalue weighted by Gasteiger charge is 1.89. The van der Waals surface area contributed by atoms with Gasteiger partial charge in [0.05, 0.1) is 0 Å². The molecule has 0 aromatic carbocycles. The molecular weight excluding hydrogens is 336 g/mol. The van der Waals surface area contributed by atoms with Gasteiger partial charge in [-0.1, -0.05) is 147 Å². The van der Waals surface area contributed by atoms with Gasteiger partial charge in [-0.05, 0) is 25.7 Å². The molecule has 0 aromatic heterocycles. The molecule has 0 saturated carbocycles. The maximum atomic E-state index is 2.27. The molecule has 0 unspecified atom stereocenters. The third-order valence-corrected chi connectivity index (χ3v) is 4.15. The number of rotatable bonds is 0. The second kappa shape index (κ2) is 20.7. The van der Waals surface area contributed by atoms with E-state index in [1.54, 1.807) is 0 Å². The van der Waals surface area contributed by atoms with Gasteiger partial charge in [-0.25, -0.2) is 0 Å². The molecule has 1 aliphatic rings. The van der Waals surface area contributed by atoms with E-state index in [1.165, 1.54) is 51.4 Å². The molecule has 0 aromatic rings. The van der Waals surface area contributed by atoms with Gasteiger partial charge in [-0.15, -0.1) is 0 Å². The molecule has 0 amide bonds. The molecule has 0 nitrogen and oxygen atoms in total. The summed E-state index contributed by atoms with van der Waals surface area (Å²) in [6, 6.07) is 0. The van der Waals surface area contributed by atoms with E-state index in [1.807, 2.05) is 60.8 Å². The summed E-state index contributed by atoms with van der Waals surface area (Å²) >= 11 is 0. The number of hydrogen-bond donors (Lipinski definition) is 0. The minimum absolute atomic E-state index is 1.19. The average Bonchev–Trinajstić information content (AvgIpc) is 2.71. The van der Waals surface area contributed by atoms with Gasteiger partial charge in [-0.3, -0.25) is 0 Å². The van der Waals surface area contributed by atoms with Crippen molar-refractivity contribution in [3.63, 3.8) is 0 Å². The summed E-state index contributed by atoms with van der Waals surface area (Å²) in [5, 5.41) is 0. The Kier molecular flexibility index (Phi) is 17.3. The highest BCUT2D eigenvalue weighted by atomic mass is 14.0. The monoisotopic (exact) mass is 372 g/mol. The van der Waals surface area contributed by atoms with Gasteiger partial charge >= 0.3 is 0 Å². The Labute approximate surface area is 173 Å². The van der Waals surface area contributed by atoms with Crippen molar-refractivity contribution in [3.05, 3.63) is 122 Å². The summed E-state index contributed by atoms with van der Waals surface area (Å²) in [5.41, 5.74) is 0. The quantitative estimate of drug-likeness (QED) is 0.399. The van der Waals surface area contributed by atoms with Gasteiger partial charge in [0, 0.05) is 0 Å². The van der Waals surface area contributed by atoms with Gasteiger partial charge in [0.1, 0.15) is 0 Å². The number of allylic oxidation sites excluding steroid dienone is 20. The van der Waals surface area contributed by atoms with Gasteiger partial charge in [0.25, 0.3) is 0 Å². The molecule has 0 fully saturated rings. The van der Waals surface area contributed by atoms with Crippen LogP contribution in [-0.4, -0.2) is 0 Å². The van der Waals surface area contributed by atoms with Crippen LogP contribution >= 0.6 is 0 Å². The molecule has 148 valence electrons. The van der Waals surface area contributed by atoms with E-state index in [-0.39, 0.29) is 0 Å². The molecule has 0 heterocycles. The van der Waals surface area contributed by atoms with Crippen molar-refractivity contribution in [2.24, 2.45) is 0 Å². The summed E-state index contributed by atoms with van der Waals surface area (Å²) in [6.45, 7) is 0. The van der Waals surface area contributed by atoms with E-state index < -0.39 is 0 Å². The molecule has 0 spiro atoms. The van der Waals surface area contributed by atoms with E-state index in [0.29, 0.717) is 0 Å². The zero-order chi connectivity index (χ0) is 19.8. The summed E-state index contributed by atoms with van der Waals surface area (Å²) in [5.74, 6) is 0. The average molecular weight is 373 g/mol. The first kappa shape index (κ1) is 23.4. The molecule has 0 atom stereocenters. The van der Waals surface area contributed by atoms with Crippen molar-refractivity contribution in [1.29, 1.82) is 0 Å². The molecular formula is C28H36. The van der Waals surface area contributed by atoms with Crippen LogP contribution in [0.15, 0.2) is 122 Å². The SMILES string of the molecule is C1=CC=CC=CC=CC=CCCCCCCCCC=CC=CC=CC=CC=C1. The minimum atomic E-state index is 1.19. The minimum Gasteiger partial charge on any atom is -0.0845 e.